The highest BCUT2D eigenvalue weighted by Gasteiger charge is 2.61. The van der Waals surface area contributed by atoms with Crippen molar-refractivity contribution in [1.82, 2.24) is 0 Å². The van der Waals surface area contributed by atoms with Crippen LogP contribution in [0.3, 0.4) is 0 Å². The number of esters is 1. The van der Waals surface area contributed by atoms with Crippen LogP contribution in [0.2, 0.25) is 0 Å². The molecule has 0 unspecified atom stereocenters. The summed E-state index contributed by atoms with van der Waals surface area (Å²) in [5.74, 6) is -8.20. The summed E-state index contributed by atoms with van der Waals surface area (Å²) in [5, 5.41) is 11.1. The van der Waals surface area contributed by atoms with Crippen molar-refractivity contribution >= 4 is 11.8 Å². The van der Waals surface area contributed by atoms with Gasteiger partial charge in [-0.15, -0.1) is 0 Å². The SMILES string of the molecule is CCOC(=O)[C@@](F)([C@H](CC(C)=O)c1ccc(F)cc1)[N+](=O)[O-]. The molecule has 2 atom stereocenters. The number of alkyl halides is 1. The maximum atomic E-state index is 14.9. The molecule has 0 saturated heterocycles. The van der Waals surface area contributed by atoms with Gasteiger partial charge in [-0.2, -0.15) is 4.39 Å². The molecule has 0 aliphatic rings. The van der Waals surface area contributed by atoms with Crippen molar-refractivity contribution < 1.29 is 28.0 Å². The molecule has 0 N–H and O–H groups in total. The Morgan fingerprint density at radius 3 is 2.32 bits per heavy atom. The van der Waals surface area contributed by atoms with Crippen LogP contribution < -0.4 is 0 Å². The molecule has 6 nitrogen and oxygen atoms in total. The molecule has 0 fully saturated rings. The van der Waals surface area contributed by atoms with E-state index in [2.05, 4.69) is 4.74 Å². The Kier molecular flexibility index (Phi) is 5.67. The number of hydrogen-bond acceptors (Lipinski definition) is 5. The van der Waals surface area contributed by atoms with E-state index in [9.17, 15) is 28.5 Å². The second-order valence-corrected chi connectivity index (χ2v) is 4.66. The molecule has 1 rings (SSSR count). The van der Waals surface area contributed by atoms with Crippen LogP contribution in [-0.2, 0) is 14.3 Å². The van der Waals surface area contributed by atoms with Gasteiger partial charge in [0.25, 0.3) is 0 Å². The number of halogens is 2. The van der Waals surface area contributed by atoms with E-state index < -0.39 is 40.6 Å². The van der Waals surface area contributed by atoms with Gasteiger partial charge in [0.2, 0.25) is 0 Å². The third kappa shape index (κ3) is 3.63. The summed E-state index contributed by atoms with van der Waals surface area (Å²) in [6.45, 7) is 2.23. The summed E-state index contributed by atoms with van der Waals surface area (Å²) in [5.41, 5.74) is -0.0381. The van der Waals surface area contributed by atoms with Crippen molar-refractivity contribution in [2.24, 2.45) is 0 Å². The number of Topliss-reactive ketones (excluding diaryl/α,β-unsaturated/α-hetero) is 1. The average Bonchev–Trinajstić information content (AvgIpc) is 2.44. The van der Waals surface area contributed by atoms with Crippen LogP contribution in [0.15, 0.2) is 24.3 Å². The first-order valence-electron chi connectivity index (χ1n) is 6.49. The lowest BCUT2D eigenvalue weighted by Gasteiger charge is -2.24. The minimum atomic E-state index is -3.63. The molecule has 0 heterocycles. The van der Waals surface area contributed by atoms with Gasteiger partial charge in [-0.25, -0.2) is 9.18 Å². The lowest BCUT2D eigenvalue weighted by molar-refractivity contribution is -0.594. The minimum absolute atomic E-state index is 0.0381. The van der Waals surface area contributed by atoms with E-state index in [0.717, 1.165) is 31.2 Å². The fraction of sp³-hybridized carbons (Fsp3) is 0.429. The van der Waals surface area contributed by atoms with Crippen molar-refractivity contribution in [3.8, 4) is 0 Å². The lowest BCUT2D eigenvalue weighted by Crippen LogP contribution is -2.49. The smallest absolute Gasteiger partial charge is 0.458 e. The summed E-state index contributed by atoms with van der Waals surface area (Å²) in [6.07, 6.45) is -0.595. The molecular formula is C14H15F2NO5. The number of carbonyl (C=O) groups is 2. The van der Waals surface area contributed by atoms with Crippen LogP contribution >= 0.6 is 0 Å². The standard InChI is InChI=1S/C14H15F2NO5/c1-3-22-13(19)14(16,17(20)21)12(8-9(2)18)10-4-6-11(15)7-5-10/h4-7,12H,3,8H2,1-2H3/t12-,14-/m1/s1. The molecule has 0 bridgehead atoms. The zero-order valence-corrected chi connectivity index (χ0v) is 12.0. The van der Waals surface area contributed by atoms with Crippen molar-refractivity contribution in [3.05, 3.63) is 45.8 Å². The zero-order valence-electron chi connectivity index (χ0n) is 12.0. The van der Waals surface area contributed by atoms with Crippen molar-refractivity contribution in [2.45, 2.75) is 32.0 Å². The molecule has 0 saturated carbocycles. The average molecular weight is 315 g/mol. The van der Waals surface area contributed by atoms with Gasteiger partial charge in [0.15, 0.2) is 0 Å². The van der Waals surface area contributed by atoms with Crippen molar-refractivity contribution in [3.63, 3.8) is 0 Å². The topological polar surface area (TPSA) is 86.5 Å². The van der Waals surface area contributed by atoms with Crippen molar-refractivity contribution in [1.29, 1.82) is 0 Å². The van der Waals surface area contributed by atoms with E-state index in [-0.39, 0.29) is 12.2 Å². The van der Waals surface area contributed by atoms with Gasteiger partial charge in [0.05, 0.1) is 11.5 Å². The number of rotatable bonds is 7. The van der Waals surface area contributed by atoms with E-state index in [0.29, 0.717) is 0 Å². The zero-order chi connectivity index (χ0) is 16.9. The second kappa shape index (κ2) is 7.06. The maximum absolute atomic E-state index is 14.9. The summed E-state index contributed by atoms with van der Waals surface area (Å²) in [4.78, 5) is 32.8. The summed E-state index contributed by atoms with van der Waals surface area (Å²) >= 11 is 0. The lowest BCUT2D eigenvalue weighted by atomic mass is 9.85. The molecule has 8 heteroatoms. The van der Waals surface area contributed by atoms with Gasteiger partial charge in [-0.05, 0) is 31.5 Å². The normalized spacial score (nSPS) is 14.7. The van der Waals surface area contributed by atoms with Crippen LogP contribution in [-0.4, -0.2) is 29.1 Å². The van der Waals surface area contributed by atoms with Gasteiger partial charge in [0.1, 0.15) is 17.5 Å². The first-order valence-corrected chi connectivity index (χ1v) is 6.49. The predicted molar refractivity (Wildman–Crippen MR) is 71.9 cm³/mol. The highest BCUT2D eigenvalue weighted by molar-refractivity contribution is 5.82. The molecule has 0 amide bonds. The van der Waals surface area contributed by atoms with Crippen LogP contribution in [0.4, 0.5) is 8.78 Å². The highest BCUT2D eigenvalue weighted by atomic mass is 19.1. The highest BCUT2D eigenvalue weighted by Crippen LogP contribution is 2.37. The molecule has 120 valence electrons. The Balaban J connectivity index is 3.38. The number of nitro groups is 1. The molecule has 0 aromatic heterocycles. The Hall–Kier alpha value is -2.38. The van der Waals surface area contributed by atoms with Crippen molar-refractivity contribution in [2.75, 3.05) is 6.61 Å². The largest absolute Gasteiger partial charge is 0.461 e. The second-order valence-electron chi connectivity index (χ2n) is 4.66. The van der Waals surface area contributed by atoms with E-state index in [1.165, 1.54) is 6.92 Å². The Bertz CT molecular complexity index is 575. The molecule has 0 radical (unpaired) electrons. The molecular weight excluding hydrogens is 300 g/mol. The Morgan fingerprint density at radius 1 is 1.36 bits per heavy atom. The Morgan fingerprint density at radius 2 is 1.91 bits per heavy atom. The summed E-state index contributed by atoms with van der Waals surface area (Å²) < 4.78 is 32.3. The molecule has 0 spiro atoms. The van der Waals surface area contributed by atoms with Gasteiger partial charge in [-0.1, -0.05) is 12.1 Å². The summed E-state index contributed by atoms with van der Waals surface area (Å²) in [7, 11) is 0. The number of ketones is 1. The molecule has 0 aliphatic heterocycles. The third-order valence-electron chi connectivity index (χ3n) is 3.05. The Labute approximate surface area is 125 Å². The van der Waals surface area contributed by atoms with Crippen LogP contribution in [0.5, 0.6) is 0 Å². The molecule has 0 aliphatic carbocycles. The predicted octanol–water partition coefficient (Wildman–Crippen LogP) is 2.39. The van der Waals surface area contributed by atoms with Gasteiger partial charge in [-0.3, -0.25) is 14.9 Å². The summed E-state index contributed by atoms with van der Waals surface area (Å²) in [6, 6.07) is 4.13. The number of nitrogens with zero attached hydrogens (tertiary/aromatic N) is 1. The number of ether oxygens (including phenoxy) is 1. The molecule has 22 heavy (non-hydrogen) atoms. The van der Waals surface area contributed by atoms with Gasteiger partial charge < -0.3 is 4.74 Å². The van der Waals surface area contributed by atoms with Crippen LogP contribution in [0.1, 0.15) is 31.7 Å². The van der Waals surface area contributed by atoms with E-state index >= 15 is 0 Å². The number of hydrogen-bond donors (Lipinski definition) is 0. The number of benzene rings is 1. The van der Waals surface area contributed by atoms with Gasteiger partial charge >= 0.3 is 11.8 Å². The van der Waals surface area contributed by atoms with Crippen LogP contribution in [0, 0.1) is 15.9 Å². The van der Waals surface area contributed by atoms with E-state index in [1.807, 2.05) is 0 Å². The third-order valence-corrected chi connectivity index (χ3v) is 3.05. The fourth-order valence-corrected chi connectivity index (χ4v) is 2.03. The van der Waals surface area contributed by atoms with E-state index in [1.54, 1.807) is 0 Å². The monoisotopic (exact) mass is 315 g/mol. The molecule has 1 aromatic carbocycles. The minimum Gasteiger partial charge on any atom is -0.458 e. The van der Waals surface area contributed by atoms with Crippen LogP contribution in [0.25, 0.3) is 0 Å². The first-order chi connectivity index (χ1) is 10.2. The molecule has 1 aromatic rings. The first kappa shape index (κ1) is 17.7. The van der Waals surface area contributed by atoms with Gasteiger partial charge in [0, 0.05) is 6.42 Å². The fourth-order valence-electron chi connectivity index (χ4n) is 2.03. The number of carbonyl (C=O) groups excluding carboxylic acids is 2. The maximum Gasteiger partial charge on any atom is 0.461 e. The quantitative estimate of drug-likeness (QED) is 0.334. The van der Waals surface area contributed by atoms with E-state index in [4.69, 9.17) is 0 Å².